The largest absolute Gasteiger partial charge is 0.387 e. The second-order valence-corrected chi connectivity index (χ2v) is 8.06. The molecule has 2 aliphatic heterocycles. The fourth-order valence-corrected chi connectivity index (χ4v) is 4.68. The fraction of sp³-hybridized carbons (Fsp3) is 0.636. The van der Waals surface area contributed by atoms with Gasteiger partial charge in [-0.05, 0) is 63.7 Å². The lowest BCUT2D eigenvalue weighted by Gasteiger charge is -2.50. The van der Waals surface area contributed by atoms with Crippen molar-refractivity contribution < 1.29 is 5.11 Å². The zero-order valence-corrected chi connectivity index (χ0v) is 15.2. The van der Waals surface area contributed by atoms with Crippen molar-refractivity contribution >= 4 is 0 Å². The molecule has 0 unspecified atom stereocenters. The molecule has 0 bridgehead atoms. The maximum absolute atomic E-state index is 11.5. The van der Waals surface area contributed by atoms with Gasteiger partial charge >= 0.3 is 0 Å². The van der Waals surface area contributed by atoms with Crippen molar-refractivity contribution in [2.24, 2.45) is 0 Å². The maximum atomic E-state index is 11.5. The molecule has 3 aliphatic rings. The van der Waals surface area contributed by atoms with Crippen molar-refractivity contribution in [2.75, 3.05) is 26.2 Å². The molecule has 0 amide bonds. The van der Waals surface area contributed by atoms with Crippen molar-refractivity contribution in [3.63, 3.8) is 0 Å². The van der Waals surface area contributed by atoms with Crippen LogP contribution in [0.15, 0.2) is 30.3 Å². The Morgan fingerprint density at radius 1 is 1.08 bits per heavy atom. The van der Waals surface area contributed by atoms with Crippen LogP contribution in [0.1, 0.15) is 50.5 Å². The van der Waals surface area contributed by atoms with E-state index in [1.54, 1.807) is 0 Å². The zero-order valence-electron chi connectivity index (χ0n) is 15.2. The van der Waals surface area contributed by atoms with Gasteiger partial charge in [0, 0.05) is 24.2 Å². The van der Waals surface area contributed by atoms with E-state index in [2.05, 4.69) is 33.8 Å². The van der Waals surface area contributed by atoms with Crippen LogP contribution >= 0.6 is 0 Å². The number of fused-ring (bicyclic) bond motifs is 1. The fourth-order valence-electron chi connectivity index (χ4n) is 4.68. The van der Waals surface area contributed by atoms with Gasteiger partial charge in [0.15, 0.2) is 0 Å². The zero-order chi connectivity index (χ0) is 17.1. The van der Waals surface area contributed by atoms with E-state index in [1.807, 2.05) is 18.2 Å². The molecule has 2 atom stereocenters. The predicted molar refractivity (Wildman–Crippen MR) is 101 cm³/mol. The highest BCUT2D eigenvalue weighted by Gasteiger charge is 2.46. The summed E-state index contributed by atoms with van der Waals surface area (Å²) in [5, 5.41) is 11.5. The van der Waals surface area contributed by atoms with Gasteiger partial charge in [-0.15, -0.1) is 0 Å². The number of benzene rings is 1. The van der Waals surface area contributed by atoms with Crippen molar-refractivity contribution in [1.29, 1.82) is 0 Å². The molecule has 3 heteroatoms. The molecule has 2 heterocycles. The first kappa shape index (κ1) is 17.1. The van der Waals surface area contributed by atoms with Crippen molar-refractivity contribution in [2.45, 2.75) is 62.6 Å². The number of rotatable bonds is 4. The highest BCUT2D eigenvalue weighted by atomic mass is 16.3. The first-order valence-electron chi connectivity index (χ1n) is 9.99. The monoisotopic (exact) mass is 338 g/mol. The van der Waals surface area contributed by atoms with Crippen molar-refractivity contribution in [3.05, 3.63) is 35.9 Å². The number of piperidine rings is 2. The third kappa shape index (κ3) is 4.08. The van der Waals surface area contributed by atoms with Crippen LogP contribution in [0.5, 0.6) is 0 Å². The lowest BCUT2D eigenvalue weighted by atomic mass is 9.79. The Hall–Kier alpha value is -1.34. The average Bonchev–Trinajstić information content (AvgIpc) is 3.47. The summed E-state index contributed by atoms with van der Waals surface area (Å²) in [7, 11) is 0. The molecule has 134 valence electrons. The van der Waals surface area contributed by atoms with Crippen LogP contribution in [0.2, 0.25) is 0 Å². The van der Waals surface area contributed by atoms with Crippen LogP contribution in [-0.4, -0.2) is 58.8 Å². The van der Waals surface area contributed by atoms with E-state index >= 15 is 0 Å². The molecule has 3 fully saturated rings. The minimum atomic E-state index is -0.546. The van der Waals surface area contributed by atoms with Crippen LogP contribution in [0, 0.1) is 11.8 Å². The van der Waals surface area contributed by atoms with Gasteiger partial charge in [0.05, 0.1) is 12.1 Å². The van der Waals surface area contributed by atoms with Gasteiger partial charge in [-0.2, -0.15) is 0 Å². The Bertz CT molecular complexity index is 628. The summed E-state index contributed by atoms with van der Waals surface area (Å²) >= 11 is 0. The van der Waals surface area contributed by atoms with E-state index in [9.17, 15) is 5.11 Å². The smallest absolute Gasteiger partial charge is 0.0929 e. The quantitative estimate of drug-likeness (QED) is 0.855. The third-order valence-corrected chi connectivity index (χ3v) is 6.12. The number of aliphatic hydroxyl groups is 1. The van der Waals surface area contributed by atoms with Gasteiger partial charge in [0.1, 0.15) is 0 Å². The SMILES string of the molecule is O[C@@]1(CN(CC#Cc2ccccc2)C2CC2)CCCN2CCCC[C@@H]21. The Morgan fingerprint density at radius 2 is 1.88 bits per heavy atom. The Labute approximate surface area is 152 Å². The van der Waals surface area contributed by atoms with E-state index in [-0.39, 0.29) is 0 Å². The molecular weight excluding hydrogens is 308 g/mol. The molecule has 4 rings (SSSR count). The molecule has 0 radical (unpaired) electrons. The van der Waals surface area contributed by atoms with E-state index in [1.165, 1.54) is 38.8 Å². The van der Waals surface area contributed by atoms with Crippen molar-refractivity contribution in [1.82, 2.24) is 9.80 Å². The molecule has 0 spiro atoms. The van der Waals surface area contributed by atoms with Crippen LogP contribution < -0.4 is 0 Å². The first-order chi connectivity index (χ1) is 12.2. The van der Waals surface area contributed by atoms with E-state index in [4.69, 9.17) is 0 Å². The Balaban J connectivity index is 1.43. The highest BCUT2D eigenvalue weighted by Crippen LogP contribution is 2.37. The molecule has 25 heavy (non-hydrogen) atoms. The molecular formula is C22H30N2O. The average molecular weight is 338 g/mol. The molecule has 1 aliphatic carbocycles. The second kappa shape index (κ2) is 7.50. The Morgan fingerprint density at radius 3 is 2.68 bits per heavy atom. The van der Waals surface area contributed by atoms with Gasteiger partial charge in [-0.3, -0.25) is 9.80 Å². The third-order valence-electron chi connectivity index (χ3n) is 6.12. The van der Waals surface area contributed by atoms with Crippen LogP contribution in [0.3, 0.4) is 0 Å². The Kier molecular flexibility index (Phi) is 5.12. The molecule has 1 aromatic carbocycles. The molecule has 2 saturated heterocycles. The summed E-state index contributed by atoms with van der Waals surface area (Å²) in [5.41, 5.74) is 0.531. The second-order valence-electron chi connectivity index (χ2n) is 8.06. The van der Waals surface area contributed by atoms with Gasteiger partial charge in [0.2, 0.25) is 0 Å². The highest BCUT2D eigenvalue weighted by molar-refractivity contribution is 5.33. The summed E-state index contributed by atoms with van der Waals surface area (Å²) in [6.07, 6.45) is 8.31. The number of hydrogen-bond donors (Lipinski definition) is 1. The molecule has 1 N–H and O–H groups in total. The normalized spacial score (nSPS) is 29.8. The lowest BCUT2D eigenvalue weighted by Crippen LogP contribution is -2.62. The minimum Gasteiger partial charge on any atom is -0.387 e. The van der Waals surface area contributed by atoms with Crippen LogP contribution in [0.25, 0.3) is 0 Å². The standard InChI is InChI=1S/C22H30N2O/c25-22(14-7-17-23-15-5-4-11-21(22)23)18-24(20-12-13-20)16-6-10-19-8-2-1-3-9-19/h1-3,8-9,20-21,25H,4-5,7,11-18H2/t21-,22-/m1/s1. The van der Waals surface area contributed by atoms with E-state index in [0.29, 0.717) is 12.1 Å². The maximum Gasteiger partial charge on any atom is 0.0929 e. The van der Waals surface area contributed by atoms with Crippen LogP contribution in [0.4, 0.5) is 0 Å². The summed E-state index contributed by atoms with van der Waals surface area (Å²) in [5.74, 6) is 6.63. The van der Waals surface area contributed by atoms with Gasteiger partial charge in [-0.25, -0.2) is 0 Å². The van der Waals surface area contributed by atoms with Crippen molar-refractivity contribution in [3.8, 4) is 11.8 Å². The first-order valence-corrected chi connectivity index (χ1v) is 9.99. The molecule has 3 nitrogen and oxygen atoms in total. The molecule has 0 aromatic heterocycles. The molecule has 1 saturated carbocycles. The lowest BCUT2D eigenvalue weighted by molar-refractivity contribution is -0.108. The topological polar surface area (TPSA) is 26.7 Å². The number of nitrogens with zero attached hydrogens (tertiary/aromatic N) is 2. The summed E-state index contributed by atoms with van der Waals surface area (Å²) in [6, 6.07) is 11.2. The molecule has 1 aromatic rings. The summed E-state index contributed by atoms with van der Waals surface area (Å²) < 4.78 is 0. The van der Waals surface area contributed by atoms with Gasteiger partial charge in [-0.1, -0.05) is 36.5 Å². The van der Waals surface area contributed by atoms with Crippen LogP contribution in [-0.2, 0) is 0 Å². The predicted octanol–water partition coefficient (Wildman–Crippen LogP) is 2.88. The summed E-state index contributed by atoms with van der Waals surface area (Å²) in [6.45, 7) is 3.91. The van der Waals surface area contributed by atoms with Gasteiger partial charge in [0.25, 0.3) is 0 Å². The summed E-state index contributed by atoms with van der Waals surface area (Å²) in [4.78, 5) is 5.00. The van der Waals surface area contributed by atoms with Gasteiger partial charge < -0.3 is 5.11 Å². The number of hydrogen-bond acceptors (Lipinski definition) is 3. The van der Waals surface area contributed by atoms with E-state index < -0.39 is 5.60 Å². The van der Waals surface area contributed by atoms with E-state index in [0.717, 1.165) is 37.9 Å². The minimum absolute atomic E-state index is 0.360.